The van der Waals surface area contributed by atoms with Crippen LogP contribution in [-0.4, -0.2) is 15.8 Å². The Kier molecular flexibility index (Phi) is 4.06. The smallest absolute Gasteiger partial charge is 0.191 e. The lowest BCUT2D eigenvalue weighted by atomic mass is 9.71. The van der Waals surface area contributed by atoms with Crippen LogP contribution in [-0.2, 0) is 12.8 Å². The van der Waals surface area contributed by atoms with Gasteiger partial charge in [-0.05, 0) is 48.6 Å². The number of pyridine rings is 1. The molecule has 0 saturated heterocycles. The van der Waals surface area contributed by atoms with Crippen LogP contribution in [0.4, 0.5) is 0 Å². The van der Waals surface area contributed by atoms with E-state index in [1.54, 1.807) is 0 Å². The predicted octanol–water partition coefficient (Wildman–Crippen LogP) is 4.83. The summed E-state index contributed by atoms with van der Waals surface area (Å²) in [6.45, 7) is 8.98. The molecule has 22 heavy (non-hydrogen) atoms. The van der Waals surface area contributed by atoms with E-state index in [0.717, 1.165) is 29.6 Å². The molecule has 2 heterocycles. The highest BCUT2D eigenvalue weighted by Gasteiger charge is 2.29. The Morgan fingerprint density at radius 1 is 1.36 bits per heavy atom. The molecule has 0 aromatic carbocycles. The third-order valence-electron chi connectivity index (χ3n) is 4.69. The van der Waals surface area contributed by atoms with Gasteiger partial charge in [-0.1, -0.05) is 39.0 Å². The van der Waals surface area contributed by atoms with Gasteiger partial charge in [0.15, 0.2) is 10.8 Å². The fraction of sp³-hybridized carbons (Fsp3) is 0.611. The Morgan fingerprint density at radius 3 is 2.82 bits per heavy atom. The highest BCUT2D eigenvalue weighted by Crippen LogP contribution is 2.38. The summed E-state index contributed by atoms with van der Waals surface area (Å²) in [5.41, 5.74) is 3.78. The SMILES string of the molecule is CCCC(=O)c1nc2cc3c(nc2s1)CCC(C(C)(C)C)C3. The number of nitrogens with zero attached hydrogens (tertiary/aromatic N) is 2. The van der Waals surface area contributed by atoms with Gasteiger partial charge in [0.25, 0.3) is 0 Å². The minimum Gasteiger partial charge on any atom is -0.292 e. The minimum absolute atomic E-state index is 0.149. The fourth-order valence-corrected chi connectivity index (χ4v) is 4.11. The van der Waals surface area contributed by atoms with Gasteiger partial charge in [-0.25, -0.2) is 9.97 Å². The zero-order valence-electron chi connectivity index (χ0n) is 13.9. The molecular weight excluding hydrogens is 292 g/mol. The average Bonchev–Trinajstić information content (AvgIpc) is 2.86. The molecular formula is C18H24N2OS. The summed E-state index contributed by atoms with van der Waals surface area (Å²) in [6, 6.07) is 2.18. The fourth-order valence-electron chi connectivity index (χ4n) is 3.20. The molecule has 2 aromatic heterocycles. The third kappa shape index (κ3) is 2.94. The standard InChI is InChI=1S/C18H24N2OS/c1-5-6-15(21)17-20-14-10-11-9-12(18(2,3)4)7-8-13(11)19-16(14)22-17/h10,12H,5-9H2,1-4H3. The monoisotopic (exact) mass is 316 g/mol. The van der Waals surface area contributed by atoms with Crippen molar-refractivity contribution in [3.05, 3.63) is 22.3 Å². The Balaban J connectivity index is 1.95. The van der Waals surface area contributed by atoms with Crippen LogP contribution in [0.3, 0.4) is 0 Å². The van der Waals surface area contributed by atoms with Crippen LogP contribution >= 0.6 is 11.3 Å². The number of fused-ring (bicyclic) bond motifs is 2. The summed E-state index contributed by atoms with van der Waals surface area (Å²) in [5, 5.41) is 0.624. The van der Waals surface area contributed by atoms with E-state index in [9.17, 15) is 4.79 Å². The number of aromatic nitrogens is 2. The van der Waals surface area contributed by atoms with Crippen LogP contribution < -0.4 is 0 Å². The number of aryl methyl sites for hydroxylation is 1. The van der Waals surface area contributed by atoms with Crippen LogP contribution in [0.5, 0.6) is 0 Å². The molecule has 2 aromatic rings. The van der Waals surface area contributed by atoms with Crippen LogP contribution in [0.2, 0.25) is 0 Å². The summed E-state index contributed by atoms with van der Waals surface area (Å²) in [6.07, 6.45) is 4.77. The van der Waals surface area contributed by atoms with Gasteiger partial charge in [0.05, 0.1) is 0 Å². The van der Waals surface area contributed by atoms with E-state index < -0.39 is 0 Å². The molecule has 1 atom stereocenters. The first kappa shape index (κ1) is 15.6. The van der Waals surface area contributed by atoms with Crippen molar-refractivity contribution in [2.24, 2.45) is 11.3 Å². The molecule has 1 aliphatic carbocycles. The maximum Gasteiger partial charge on any atom is 0.191 e. The number of carbonyl (C=O) groups is 1. The predicted molar refractivity (Wildman–Crippen MR) is 91.6 cm³/mol. The topological polar surface area (TPSA) is 42.9 Å². The van der Waals surface area contributed by atoms with Gasteiger partial charge in [-0.3, -0.25) is 4.79 Å². The second-order valence-electron chi connectivity index (χ2n) is 7.42. The van der Waals surface area contributed by atoms with Crippen molar-refractivity contribution in [3.63, 3.8) is 0 Å². The van der Waals surface area contributed by atoms with E-state index in [1.165, 1.54) is 29.0 Å². The highest BCUT2D eigenvalue weighted by molar-refractivity contribution is 7.19. The number of rotatable bonds is 3. The van der Waals surface area contributed by atoms with Crippen LogP contribution in [0, 0.1) is 11.3 Å². The van der Waals surface area contributed by atoms with Gasteiger partial charge >= 0.3 is 0 Å². The zero-order chi connectivity index (χ0) is 15.9. The molecule has 1 unspecified atom stereocenters. The normalized spacial score (nSPS) is 18.5. The van der Waals surface area contributed by atoms with E-state index in [-0.39, 0.29) is 5.78 Å². The molecule has 0 spiro atoms. The van der Waals surface area contributed by atoms with E-state index in [1.807, 2.05) is 6.92 Å². The molecule has 118 valence electrons. The Bertz CT molecular complexity index is 712. The zero-order valence-corrected chi connectivity index (χ0v) is 14.7. The Morgan fingerprint density at radius 2 is 2.14 bits per heavy atom. The molecule has 0 fully saturated rings. The molecule has 1 aliphatic rings. The molecule has 0 aliphatic heterocycles. The number of carbonyl (C=O) groups excluding carboxylic acids is 1. The summed E-state index contributed by atoms with van der Waals surface area (Å²) in [4.78, 5) is 22.3. The minimum atomic E-state index is 0.149. The first-order valence-electron chi connectivity index (χ1n) is 8.21. The summed E-state index contributed by atoms with van der Waals surface area (Å²) >= 11 is 1.45. The maximum absolute atomic E-state index is 12.0. The first-order chi connectivity index (χ1) is 10.4. The van der Waals surface area contributed by atoms with Crippen molar-refractivity contribution in [3.8, 4) is 0 Å². The molecule has 0 amide bonds. The third-order valence-corrected chi connectivity index (χ3v) is 5.69. The highest BCUT2D eigenvalue weighted by atomic mass is 32.1. The van der Waals surface area contributed by atoms with Crippen molar-refractivity contribution in [2.45, 2.75) is 59.8 Å². The molecule has 4 heteroatoms. The number of ketones is 1. The molecule has 0 N–H and O–H groups in total. The van der Waals surface area contributed by atoms with Gasteiger partial charge in [0.1, 0.15) is 10.3 Å². The van der Waals surface area contributed by atoms with Crippen molar-refractivity contribution in [1.82, 2.24) is 9.97 Å². The number of hydrogen-bond acceptors (Lipinski definition) is 4. The van der Waals surface area contributed by atoms with E-state index in [2.05, 4.69) is 31.8 Å². The second-order valence-corrected chi connectivity index (χ2v) is 8.39. The summed E-state index contributed by atoms with van der Waals surface area (Å²) in [5.74, 6) is 0.843. The Hall–Kier alpha value is -1.29. The van der Waals surface area contributed by atoms with Crippen molar-refractivity contribution in [2.75, 3.05) is 0 Å². The van der Waals surface area contributed by atoms with Crippen molar-refractivity contribution >= 4 is 27.5 Å². The summed E-state index contributed by atoms with van der Waals surface area (Å²) < 4.78 is 0. The van der Waals surface area contributed by atoms with Gasteiger partial charge in [-0.2, -0.15) is 0 Å². The molecule has 0 bridgehead atoms. The second kappa shape index (κ2) is 5.73. The van der Waals surface area contributed by atoms with Crippen LogP contribution in [0.25, 0.3) is 10.3 Å². The van der Waals surface area contributed by atoms with Gasteiger partial charge in [0.2, 0.25) is 0 Å². The lowest BCUT2D eigenvalue weighted by Gasteiger charge is -2.34. The quantitative estimate of drug-likeness (QED) is 0.762. The Labute approximate surface area is 136 Å². The lowest BCUT2D eigenvalue weighted by Crippen LogP contribution is -2.27. The summed E-state index contributed by atoms with van der Waals surface area (Å²) in [7, 11) is 0. The van der Waals surface area contributed by atoms with Crippen LogP contribution in [0.15, 0.2) is 6.07 Å². The van der Waals surface area contributed by atoms with Crippen molar-refractivity contribution in [1.29, 1.82) is 0 Å². The molecule has 0 saturated carbocycles. The van der Waals surface area contributed by atoms with Crippen molar-refractivity contribution < 1.29 is 4.79 Å². The van der Waals surface area contributed by atoms with Gasteiger partial charge < -0.3 is 0 Å². The van der Waals surface area contributed by atoms with E-state index in [0.29, 0.717) is 22.8 Å². The number of hydrogen-bond donors (Lipinski definition) is 0. The lowest BCUT2D eigenvalue weighted by molar-refractivity contribution is 0.0981. The number of Topliss-reactive ketones (excluding diaryl/α,β-unsaturated/α-hetero) is 1. The maximum atomic E-state index is 12.0. The van der Waals surface area contributed by atoms with Crippen LogP contribution in [0.1, 0.15) is 68.0 Å². The molecule has 0 radical (unpaired) electrons. The van der Waals surface area contributed by atoms with E-state index in [4.69, 9.17) is 4.98 Å². The average molecular weight is 316 g/mol. The van der Waals surface area contributed by atoms with E-state index >= 15 is 0 Å². The van der Waals surface area contributed by atoms with Gasteiger partial charge in [-0.15, -0.1) is 0 Å². The largest absolute Gasteiger partial charge is 0.292 e. The number of thiazole rings is 1. The molecule has 3 rings (SSSR count). The first-order valence-corrected chi connectivity index (χ1v) is 9.02. The molecule has 3 nitrogen and oxygen atoms in total. The van der Waals surface area contributed by atoms with Gasteiger partial charge in [0, 0.05) is 12.1 Å².